The minimum absolute atomic E-state index is 0.0275. The molecule has 0 aromatic heterocycles. The van der Waals surface area contributed by atoms with E-state index in [1.54, 1.807) is 73.8 Å². The van der Waals surface area contributed by atoms with Gasteiger partial charge in [-0.25, -0.2) is 0 Å². The molecule has 0 aliphatic carbocycles. The quantitative estimate of drug-likeness (QED) is 0.311. The van der Waals surface area contributed by atoms with Crippen molar-refractivity contribution in [2.24, 2.45) is 0 Å². The van der Waals surface area contributed by atoms with Crippen LogP contribution in [0.5, 0.6) is 11.5 Å². The number of ether oxygens (including phenoxy) is 2. The second kappa shape index (κ2) is 9.41. The standard InChI is InChI=1S/C30H28O6/c1-35-25-14-12-20(13-15-25)22-16-21-17-26(29(31,32)23-8-4-2-5-9-23)27(18-28(21)36-19-22)30(33,34)24-10-6-3-7-11-24/h2-15,17-18,22,31-34H,16,19H2,1H3. The monoisotopic (exact) mass is 484 g/mol. The van der Waals surface area contributed by atoms with Crippen molar-refractivity contribution in [3.63, 3.8) is 0 Å². The molecule has 0 saturated carbocycles. The molecule has 0 spiro atoms. The molecule has 0 fully saturated rings. The maximum absolute atomic E-state index is 11.4. The van der Waals surface area contributed by atoms with Gasteiger partial charge < -0.3 is 29.9 Å². The Hall–Kier alpha value is -3.68. The van der Waals surface area contributed by atoms with Crippen LogP contribution in [0.25, 0.3) is 0 Å². The zero-order valence-corrected chi connectivity index (χ0v) is 19.8. The average molecular weight is 485 g/mol. The molecule has 4 aromatic carbocycles. The normalized spacial score (nSPS) is 15.6. The van der Waals surface area contributed by atoms with Gasteiger partial charge in [-0.15, -0.1) is 0 Å². The van der Waals surface area contributed by atoms with E-state index in [0.29, 0.717) is 18.8 Å². The predicted octanol–water partition coefficient (Wildman–Crippen LogP) is 3.79. The molecule has 1 aliphatic rings. The first kappa shape index (κ1) is 24.0. The van der Waals surface area contributed by atoms with Crippen molar-refractivity contribution in [1.82, 2.24) is 0 Å². The van der Waals surface area contributed by atoms with Gasteiger partial charge in [0.15, 0.2) is 0 Å². The third-order valence-corrected chi connectivity index (χ3v) is 6.80. The maximum Gasteiger partial charge on any atom is 0.217 e. The highest BCUT2D eigenvalue weighted by atomic mass is 16.5. The lowest BCUT2D eigenvalue weighted by molar-refractivity contribution is -0.154. The zero-order chi connectivity index (χ0) is 25.3. The maximum atomic E-state index is 11.4. The van der Waals surface area contributed by atoms with E-state index in [1.165, 1.54) is 6.07 Å². The van der Waals surface area contributed by atoms with Crippen LogP contribution in [0.3, 0.4) is 0 Å². The Balaban J connectivity index is 1.62. The van der Waals surface area contributed by atoms with Gasteiger partial charge in [-0.3, -0.25) is 0 Å². The molecule has 6 nitrogen and oxygen atoms in total. The summed E-state index contributed by atoms with van der Waals surface area (Å²) in [6, 6.07) is 27.5. The highest BCUT2D eigenvalue weighted by Gasteiger charge is 2.41. The van der Waals surface area contributed by atoms with E-state index < -0.39 is 11.6 Å². The molecule has 4 aromatic rings. The molecule has 6 heteroatoms. The van der Waals surface area contributed by atoms with Crippen LogP contribution in [0.15, 0.2) is 97.1 Å². The molecule has 4 N–H and O–H groups in total. The molecule has 36 heavy (non-hydrogen) atoms. The molecular formula is C30H28O6. The van der Waals surface area contributed by atoms with Gasteiger partial charge >= 0.3 is 0 Å². The zero-order valence-electron chi connectivity index (χ0n) is 19.8. The van der Waals surface area contributed by atoms with Crippen LogP contribution < -0.4 is 9.47 Å². The van der Waals surface area contributed by atoms with Crippen LogP contribution in [0.4, 0.5) is 0 Å². The van der Waals surface area contributed by atoms with Crippen molar-refractivity contribution >= 4 is 0 Å². The van der Waals surface area contributed by atoms with Crippen molar-refractivity contribution < 1.29 is 29.9 Å². The van der Waals surface area contributed by atoms with Crippen LogP contribution in [-0.4, -0.2) is 34.1 Å². The van der Waals surface area contributed by atoms with Crippen LogP contribution in [-0.2, 0) is 18.0 Å². The highest BCUT2D eigenvalue weighted by Crippen LogP contribution is 2.43. The van der Waals surface area contributed by atoms with Gasteiger partial charge in [-0.05, 0) is 41.8 Å². The fourth-order valence-electron chi connectivity index (χ4n) is 4.75. The van der Waals surface area contributed by atoms with Gasteiger partial charge in [0.2, 0.25) is 11.6 Å². The summed E-state index contributed by atoms with van der Waals surface area (Å²) in [5, 5.41) is 45.3. The lowest BCUT2D eigenvalue weighted by Gasteiger charge is -2.34. The van der Waals surface area contributed by atoms with Crippen molar-refractivity contribution in [2.75, 3.05) is 13.7 Å². The van der Waals surface area contributed by atoms with Crippen molar-refractivity contribution in [3.05, 3.63) is 130 Å². The van der Waals surface area contributed by atoms with E-state index in [-0.39, 0.29) is 28.2 Å². The lowest BCUT2D eigenvalue weighted by Crippen LogP contribution is -2.35. The summed E-state index contributed by atoms with van der Waals surface area (Å²) >= 11 is 0. The average Bonchev–Trinajstić information content (AvgIpc) is 2.93. The second-order valence-electron chi connectivity index (χ2n) is 9.07. The molecule has 1 atom stereocenters. The third kappa shape index (κ3) is 4.36. The molecular weight excluding hydrogens is 456 g/mol. The number of rotatable bonds is 6. The fraction of sp³-hybridized carbons (Fsp3) is 0.200. The topological polar surface area (TPSA) is 99.4 Å². The third-order valence-electron chi connectivity index (χ3n) is 6.80. The number of hydrogen-bond acceptors (Lipinski definition) is 6. The second-order valence-corrected chi connectivity index (χ2v) is 9.07. The van der Waals surface area contributed by atoms with E-state index in [0.717, 1.165) is 16.9 Å². The SMILES string of the molecule is COc1ccc(C2COc3cc(C(O)(O)c4ccccc4)c(C(O)(O)c4ccccc4)cc3C2)cc1. The van der Waals surface area contributed by atoms with Crippen LogP contribution in [0, 0.1) is 0 Å². The van der Waals surface area contributed by atoms with Crippen molar-refractivity contribution in [3.8, 4) is 11.5 Å². The molecule has 0 amide bonds. The van der Waals surface area contributed by atoms with E-state index in [9.17, 15) is 20.4 Å². The van der Waals surface area contributed by atoms with Crippen molar-refractivity contribution in [1.29, 1.82) is 0 Å². The Bertz CT molecular complexity index is 1330. The first-order valence-corrected chi connectivity index (χ1v) is 11.8. The van der Waals surface area contributed by atoms with Crippen LogP contribution in [0.2, 0.25) is 0 Å². The Morgan fingerprint density at radius 1 is 0.722 bits per heavy atom. The summed E-state index contributed by atoms with van der Waals surface area (Å²) in [6.45, 7) is 0.398. The molecule has 184 valence electrons. The van der Waals surface area contributed by atoms with Crippen LogP contribution in [0.1, 0.15) is 39.3 Å². The van der Waals surface area contributed by atoms with E-state index in [4.69, 9.17) is 9.47 Å². The number of benzene rings is 4. The Morgan fingerprint density at radius 3 is 1.78 bits per heavy atom. The number of fused-ring (bicyclic) bond motifs is 1. The molecule has 0 radical (unpaired) electrons. The smallest absolute Gasteiger partial charge is 0.217 e. The van der Waals surface area contributed by atoms with E-state index in [2.05, 4.69) is 0 Å². The fourth-order valence-corrected chi connectivity index (χ4v) is 4.75. The molecule has 1 unspecified atom stereocenters. The minimum atomic E-state index is -2.49. The number of hydrogen-bond donors (Lipinski definition) is 4. The summed E-state index contributed by atoms with van der Waals surface area (Å²) in [6.07, 6.45) is 0.578. The van der Waals surface area contributed by atoms with Gasteiger partial charge in [-0.2, -0.15) is 0 Å². The van der Waals surface area contributed by atoms with E-state index in [1.807, 2.05) is 24.3 Å². The Labute approximate surface area is 209 Å². The van der Waals surface area contributed by atoms with E-state index >= 15 is 0 Å². The molecule has 1 heterocycles. The highest BCUT2D eigenvalue weighted by molar-refractivity contribution is 5.52. The largest absolute Gasteiger partial charge is 0.497 e. The summed E-state index contributed by atoms with van der Waals surface area (Å²) < 4.78 is 11.3. The molecule has 0 saturated heterocycles. The first-order chi connectivity index (χ1) is 17.3. The molecule has 0 bridgehead atoms. The minimum Gasteiger partial charge on any atom is -0.497 e. The van der Waals surface area contributed by atoms with Gasteiger partial charge in [0, 0.05) is 28.2 Å². The number of methoxy groups -OCH3 is 1. The Kier molecular flexibility index (Phi) is 6.28. The Morgan fingerprint density at radius 2 is 1.25 bits per heavy atom. The summed E-state index contributed by atoms with van der Waals surface area (Å²) in [4.78, 5) is 0. The van der Waals surface area contributed by atoms with Crippen molar-refractivity contribution in [2.45, 2.75) is 23.9 Å². The summed E-state index contributed by atoms with van der Waals surface area (Å²) in [5.41, 5.74) is 2.12. The van der Waals surface area contributed by atoms with Gasteiger partial charge in [0.1, 0.15) is 11.5 Å². The number of aliphatic hydroxyl groups is 4. The van der Waals surface area contributed by atoms with Gasteiger partial charge in [0.25, 0.3) is 0 Å². The van der Waals surface area contributed by atoms with Gasteiger partial charge in [0.05, 0.1) is 13.7 Å². The lowest BCUT2D eigenvalue weighted by atomic mass is 9.82. The van der Waals surface area contributed by atoms with Gasteiger partial charge in [-0.1, -0.05) is 72.8 Å². The first-order valence-electron chi connectivity index (χ1n) is 11.8. The molecule has 1 aliphatic heterocycles. The predicted molar refractivity (Wildman–Crippen MR) is 135 cm³/mol. The summed E-state index contributed by atoms with van der Waals surface area (Å²) in [7, 11) is 1.62. The summed E-state index contributed by atoms with van der Waals surface area (Å²) in [5.74, 6) is -3.70. The molecule has 5 rings (SSSR count). The van der Waals surface area contributed by atoms with Crippen LogP contribution >= 0.6 is 0 Å².